The predicted molar refractivity (Wildman–Crippen MR) is 194 cm³/mol. The zero-order valence-corrected chi connectivity index (χ0v) is 32.8. The first-order valence-corrected chi connectivity index (χ1v) is 19.2. The van der Waals surface area contributed by atoms with Gasteiger partial charge in [0.2, 0.25) is 12.2 Å². The molecule has 280 valence electrons. The molecule has 2 heterocycles. The van der Waals surface area contributed by atoms with Crippen molar-refractivity contribution in [2.45, 2.75) is 102 Å². The van der Waals surface area contributed by atoms with E-state index in [0.717, 1.165) is 25.6 Å². The fourth-order valence-corrected chi connectivity index (χ4v) is 7.91. The van der Waals surface area contributed by atoms with Crippen molar-refractivity contribution in [3.8, 4) is 11.5 Å². The zero-order chi connectivity index (χ0) is 36.6. The summed E-state index contributed by atoms with van der Waals surface area (Å²) in [5.41, 5.74) is 1.40. The van der Waals surface area contributed by atoms with Gasteiger partial charge < -0.3 is 43.0 Å². The number of carbonyl (C=O) groups is 2. The van der Waals surface area contributed by atoms with Gasteiger partial charge in [-0.3, -0.25) is 0 Å². The molecule has 11 nitrogen and oxygen atoms in total. The van der Waals surface area contributed by atoms with Gasteiger partial charge in [0.25, 0.3) is 0 Å². The molecule has 0 aromatic heterocycles. The number of hydrogen-bond acceptors (Lipinski definition) is 11. The first kappa shape index (κ1) is 39.7. The summed E-state index contributed by atoms with van der Waals surface area (Å²) in [6, 6.07) is 11.4. The summed E-state index contributed by atoms with van der Waals surface area (Å²) in [5, 5.41) is 11.3. The molecule has 2 aliphatic heterocycles. The number of para-hydroxylation sites is 2. The van der Waals surface area contributed by atoms with Crippen molar-refractivity contribution < 1.29 is 52.6 Å². The molecule has 0 bridgehead atoms. The molecule has 0 radical (unpaired) electrons. The van der Waals surface area contributed by atoms with Gasteiger partial charge in [0.15, 0.2) is 11.6 Å². The van der Waals surface area contributed by atoms with Crippen molar-refractivity contribution in [1.29, 1.82) is 0 Å². The molecule has 1 N–H and O–H groups in total. The summed E-state index contributed by atoms with van der Waals surface area (Å²) < 4.78 is 47.0. The topological polar surface area (TPSA) is 128 Å². The minimum atomic E-state index is -1.34. The molecule has 2 atom stereocenters. The van der Waals surface area contributed by atoms with Gasteiger partial charge in [0.1, 0.15) is 17.1 Å². The molecule has 2 aliphatic carbocycles. The van der Waals surface area contributed by atoms with Crippen LogP contribution in [-0.4, -0.2) is 86.1 Å². The Hall–Kier alpha value is -2.52. The minimum Gasteiger partial charge on any atom is -0.474 e. The van der Waals surface area contributed by atoms with Crippen LogP contribution in [0.3, 0.4) is 0 Å². The highest BCUT2D eigenvalue weighted by molar-refractivity contribution is 9.10. The lowest BCUT2D eigenvalue weighted by Gasteiger charge is -2.43. The highest BCUT2D eigenvalue weighted by Crippen LogP contribution is 2.44. The van der Waals surface area contributed by atoms with E-state index >= 15 is 0 Å². The number of aliphatic hydroxyl groups is 1. The maximum Gasteiger partial charge on any atom is 0.351 e. The van der Waals surface area contributed by atoms with Crippen molar-refractivity contribution in [3.05, 3.63) is 68.1 Å². The number of benzene rings is 2. The van der Waals surface area contributed by atoms with Crippen LogP contribution in [0.15, 0.2) is 57.0 Å². The predicted octanol–water partition coefficient (Wildman–Crippen LogP) is 7.04. The largest absolute Gasteiger partial charge is 0.474 e. The number of ether oxygens (including phenoxy) is 8. The molecule has 2 aromatic carbocycles. The van der Waals surface area contributed by atoms with Gasteiger partial charge in [-0.05, 0) is 108 Å². The van der Waals surface area contributed by atoms with Crippen LogP contribution in [0, 0.1) is 13.8 Å². The van der Waals surface area contributed by atoms with E-state index in [2.05, 4.69) is 31.9 Å². The van der Waals surface area contributed by atoms with Gasteiger partial charge in [-0.2, -0.15) is 0 Å². The van der Waals surface area contributed by atoms with Gasteiger partial charge in [0.05, 0.1) is 48.6 Å². The van der Waals surface area contributed by atoms with E-state index in [1.54, 1.807) is 13.8 Å². The summed E-state index contributed by atoms with van der Waals surface area (Å²) in [5.74, 6) is -0.883. The van der Waals surface area contributed by atoms with E-state index in [1.807, 2.05) is 56.3 Å². The molecule has 2 unspecified atom stereocenters. The maximum absolute atomic E-state index is 12.6. The molecule has 6 rings (SSSR count). The summed E-state index contributed by atoms with van der Waals surface area (Å²) in [4.78, 5) is 25.1. The molecule has 13 heteroatoms. The van der Waals surface area contributed by atoms with Gasteiger partial charge in [-0.1, -0.05) is 30.3 Å². The van der Waals surface area contributed by atoms with Crippen molar-refractivity contribution in [2.75, 3.05) is 39.6 Å². The molecule has 51 heavy (non-hydrogen) atoms. The fourth-order valence-electron chi connectivity index (χ4n) is 6.79. The highest BCUT2D eigenvalue weighted by atomic mass is 79.9. The van der Waals surface area contributed by atoms with Crippen LogP contribution in [0.2, 0.25) is 0 Å². The van der Waals surface area contributed by atoms with Crippen molar-refractivity contribution in [2.24, 2.45) is 0 Å². The number of rotatable bonds is 10. The average Bonchev–Trinajstić information content (AvgIpc) is 3.77. The Morgan fingerprint density at radius 3 is 1.75 bits per heavy atom. The Labute approximate surface area is 316 Å². The number of carbonyl (C=O) groups excluding carboxylic acids is 2. The molecular formula is C38H48Br2O11. The Kier molecular flexibility index (Phi) is 13.6. The Balaban J connectivity index is 0.000000198. The summed E-state index contributed by atoms with van der Waals surface area (Å²) in [7, 11) is 0. The highest BCUT2D eigenvalue weighted by Gasteiger charge is 2.52. The first-order valence-electron chi connectivity index (χ1n) is 17.6. The number of halogens is 2. The monoisotopic (exact) mass is 838 g/mol. The van der Waals surface area contributed by atoms with E-state index in [9.17, 15) is 14.7 Å². The van der Waals surface area contributed by atoms with Crippen molar-refractivity contribution in [3.63, 3.8) is 0 Å². The van der Waals surface area contributed by atoms with Crippen LogP contribution in [-0.2, 0) is 38.0 Å². The lowest BCUT2D eigenvalue weighted by Crippen LogP contribution is -2.56. The molecule has 3 fully saturated rings. The van der Waals surface area contributed by atoms with E-state index in [1.165, 1.54) is 0 Å². The Morgan fingerprint density at radius 1 is 0.745 bits per heavy atom. The molecule has 2 aromatic rings. The third-order valence-electron chi connectivity index (χ3n) is 9.60. The summed E-state index contributed by atoms with van der Waals surface area (Å²) >= 11 is 6.96. The van der Waals surface area contributed by atoms with Gasteiger partial charge >= 0.3 is 11.9 Å². The van der Waals surface area contributed by atoms with Crippen LogP contribution in [0.1, 0.15) is 69.9 Å². The number of hydrogen-bond donors (Lipinski definition) is 1. The van der Waals surface area contributed by atoms with Crippen LogP contribution in [0.25, 0.3) is 0 Å². The molecular weight excluding hydrogens is 792 g/mol. The summed E-state index contributed by atoms with van der Waals surface area (Å²) in [6.07, 6.45) is 3.84. The number of esters is 2. The molecule has 2 spiro atoms. The molecule has 0 amide bonds. The van der Waals surface area contributed by atoms with E-state index in [4.69, 9.17) is 37.9 Å². The second kappa shape index (κ2) is 17.5. The lowest BCUT2D eigenvalue weighted by atomic mass is 9.77. The van der Waals surface area contributed by atoms with Gasteiger partial charge in [-0.25, -0.2) is 9.59 Å². The van der Waals surface area contributed by atoms with Crippen molar-refractivity contribution >= 4 is 43.8 Å². The summed E-state index contributed by atoms with van der Waals surface area (Å²) in [6.45, 7) is 10.3. The van der Waals surface area contributed by atoms with E-state index < -0.39 is 35.4 Å². The zero-order valence-electron chi connectivity index (χ0n) is 29.7. The standard InChI is InChI=1S/C19H25BrO6.C19H23BrO5/c1-3-23-17(21)16(26-15-13(2)5-4-6-14(15)20)18(22)7-9-19(10-8-18)24-11-12-25-19;1-3-22-18(21)17(25-16-13(2)5-4-6-15(16)20)14-7-9-19(10-8-14)23-11-12-24-19/h4-6,16,22H,3,7-12H2,1-2H3;4-7,17H,3,8-12H2,1-2H3. The molecule has 1 saturated carbocycles. The van der Waals surface area contributed by atoms with Crippen LogP contribution in [0.4, 0.5) is 0 Å². The maximum atomic E-state index is 12.6. The van der Waals surface area contributed by atoms with E-state index in [-0.39, 0.29) is 12.6 Å². The van der Waals surface area contributed by atoms with Crippen LogP contribution in [0.5, 0.6) is 11.5 Å². The van der Waals surface area contributed by atoms with Crippen molar-refractivity contribution in [1.82, 2.24) is 0 Å². The Bertz CT molecular complexity index is 1500. The number of aryl methyl sites for hydroxylation is 2. The normalized spacial score (nSPS) is 21.2. The molecule has 4 aliphatic rings. The lowest BCUT2D eigenvalue weighted by molar-refractivity contribution is -0.218. The van der Waals surface area contributed by atoms with Crippen LogP contribution < -0.4 is 9.47 Å². The van der Waals surface area contributed by atoms with Crippen LogP contribution >= 0.6 is 31.9 Å². The SMILES string of the molecule is CCOC(=O)C(Oc1c(C)cccc1Br)C1(O)CCC2(CC1)OCCO2.CCOC(=O)C(Oc1c(C)cccc1Br)C1=CCC2(CC1)OCCO2. The molecule has 2 saturated heterocycles. The fraction of sp³-hybridized carbons (Fsp3) is 0.579. The third-order valence-corrected chi connectivity index (χ3v) is 10.8. The second-order valence-corrected chi connectivity index (χ2v) is 14.8. The van der Waals surface area contributed by atoms with E-state index in [0.29, 0.717) is 89.5 Å². The third kappa shape index (κ3) is 9.54. The quantitative estimate of drug-likeness (QED) is 0.196. The van der Waals surface area contributed by atoms with Gasteiger partial charge in [0, 0.05) is 25.7 Å². The Morgan fingerprint density at radius 2 is 1.25 bits per heavy atom. The minimum absolute atomic E-state index is 0.222. The average molecular weight is 841 g/mol. The first-order chi connectivity index (χ1) is 24.4. The smallest absolute Gasteiger partial charge is 0.351 e. The van der Waals surface area contributed by atoms with Gasteiger partial charge in [-0.15, -0.1) is 0 Å². The second-order valence-electron chi connectivity index (χ2n) is 13.1.